The van der Waals surface area contributed by atoms with Gasteiger partial charge in [-0.05, 0) is 30.7 Å². The van der Waals surface area contributed by atoms with Crippen LogP contribution in [0.1, 0.15) is 18.9 Å². The van der Waals surface area contributed by atoms with E-state index in [0.29, 0.717) is 0 Å². The smallest absolute Gasteiger partial charge is 0.0991 e. The molecule has 1 aromatic rings. The molecule has 1 unspecified atom stereocenters. The van der Waals surface area contributed by atoms with Crippen LogP contribution in [0.2, 0.25) is 0 Å². The van der Waals surface area contributed by atoms with Gasteiger partial charge >= 0.3 is 0 Å². The minimum absolute atomic E-state index is 0.737. The summed E-state index contributed by atoms with van der Waals surface area (Å²) in [4.78, 5) is 2.41. The van der Waals surface area contributed by atoms with Gasteiger partial charge in [-0.1, -0.05) is 6.92 Å². The summed E-state index contributed by atoms with van der Waals surface area (Å²) in [5.74, 6) is 1.20. The summed E-state index contributed by atoms with van der Waals surface area (Å²) in [6.45, 7) is 4.54. The first-order valence-electron chi connectivity index (χ1n) is 5.66. The second-order valence-electron chi connectivity index (χ2n) is 4.12. The summed E-state index contributed by atoms with van der Waals surface area (Å²) in [5.41, 5.74) is 1.98. The second kappa shape index (κ2) is 5.27. The summed E-state index contributed by atoms with van der Waals surface area (Å²) >= 11 is 2.05. The monoisotopic (exact) mass is 232 g/mol. The number of hydrogen-bond acceptors (Lipinski definition) is 3. The van der Waals surface area contributed by atoms with Gasteiger partial charge in [-0.3, -0.25) is 0 Å². The third-order valence-corrected chi connectivity index (χ3v) is 4.15. The Morgan fingerprint density at radius 3 is 2.75 bits per heavy atom. The molecule has 0 radical (unpaired) electrons. The second-order valence-corrected chi connectivity index (χ2v) is 5.66. The molecular weight excluding hydrogens is 216 g/mol. The molecule has 16 heavy (non-hydrogen) atoms. The maximum atomic E-state index is 8.75. The molecule has 0 aromatic heterocycles. The zero-order valence-electron chi connectivity index (χ0n) is 9.52. The largest absolute Gasteiger partial charge is 0.371 e. The number of thioether (sulfide) groups is 1. The van der Waals surface area contributed by atoms with E-state index in [1.165, 1.54) is 17.9 Å². The van der Waals surface area contributed by atoms with Gasteiger partial charge in [-0.25, -0.2) is 0 Å². The van der Waals surface area contributed by atoms with Crippen LogP contribution in [0.5, 0.6) is 0 Å². The molecule has 1 atom stereocenters. The first-order chi connectivity index (χ1) is 7.79. The van der Waals surface area contributed by atoms with Crippen LogP contribution in [0, 0.1) is 11.3 Å². The van der Waals surface area contributed by atoms with Crippen molar-refractivity contribution < 1.29 is 0 Å². The highest BCUT2D eigenvalue weighted by molar-refractivity contribution is 7.99. The van der Waals surface area contributed by atoms with Gasteiger partial charge in [0.25, 0.3) is 0 Å². The van der Waals surface area contributed by atoms with Crippen LogP contribution < -0.4 is 4.90 Å². The maximum absolute atomic E-state index is 8.75. The van der Waals surface area contributed by atoms with Gasteiger partial charge in [-0.2, -0.15) is 17.0 Å². The lowest BCUT2D eigenvalue weighted by atomic mass is 10.2. The fourth-order valence-electron chi connectivity index (χ4n) is 1.90. The Hall–Kier alpha value is -1.14. The van der Waals surface area contributed by atoms with E-state index in [-0.39, 0.29) is 0 Å². The first kappa shape index (κ1) is 11.3. The molecule has 0 bridgehead atoms. The Kier molecular flexibility index (Phi) is 3.74. The molecule has 1 aliphatic heterocycles. The molecule has 84 valence electrons. The van der Waals surface area contributed by atoms with Gasteiger partial charge in [0.2, 0.25) is 0 Å². The third-order valence-electron chi connectivity index (χ3n) is 2.93. The predicted molar refractivity (Wildman–Crippen MR) is 69.9 cm³/mol. The average molecular weight is 232 g/mol. The number of rotatable bonds is 1. The van der Waals surface area contributed by atoms with E-state index in [4.69, 9.17) is 5.26 Å². The van der Waals surface area contributed by atoms with E-state index >= 15 is 0 Å². The molecule has 1 saturated heterocycles. The Balaban J connectivity index is 2.08. The van der Waals surface area contributed by atoms with Crippen LogP contribution in [0.15, 0.2) is 24.3 Å². The SMILES string of the molecule is CC1CCN(c2ccc(C#N)cc2)CCS1. The van der Waals surface area contributed by atoms with Crippen molar-refractivity contribution in [1.82, 2.24) is 0 Å². The molecule has 1 heterocycles. The molecule has 0 saturated carbocycles. The number of anilines is 1. The fourth-order valence-corrected chi connectivity index (χ4v) is 2.90. The molecule has 2 rings (SSSR count). The zero-order valence-corrected chi connectivity index (χ0v) is 10.3. The van der Waals surface area contributed by atoms with Crippen molar-refractivity contribution in [2.24, 2.45) is 0 Å². The van der Waals surface area contributed by atoms with Crippen molar-refractivity contribution in [3.63, 3.8) is 0 Å². The normalized spacial score (nSPS) is 21.2. The van der Waals surface area contributed by atoms with E-state index in [2.05, 4.69) is 41.8 Å². The zero-order chi connectivity index (χ0) is 11.4. The summed E-state index contributed by atoms with van der Waals surface area (Å²) in [5, 5.41) is 9.52. The molecule has 1 aromatic carbocycles. The Morgan fingerprint density at radius 2 is 2.06 bits per heavy atom. The van der Waals surface area contributed by atoms with Crippen LogP contribution in [0.4, 0.5) is 5.69 Å². The van der Waals surface area contributed by atoms with E-state index in [1.54, 1.807) is 0 Å². The van der Waals surface area contributed by atoms with E-state index in [1.807, 2.05) is 12.1 Å². The highest BCUT2D eigenvalue weighted by atomic mass is 32.2. The Labute approximate surface area is 101 Å². The van der Waals surface area contributed by atoms with Gasteiger partial charge in [0.15, 0.2) is 0 Å². The lowest BCUT2D eigenvalue weighted by Crippen LogP contribution is -2.25. The van der Waals surface area contributed by atoms with Crippen molar-refractivity contribution in [3.8, 4) is 6.07 Å². The number of nitrogens with zero attached hydrogens (tertiary/aromatic N) is 2. The molecule has 2 nitrogen and oxygen atoms in total. The minimum atomic E-state index is 0.737. The highest BCUT2D eigenvalue weighted by Gasteiger charge is 2.14. The summed E-state index contributed by atoms with van der Waals surface area (Å²) < 4.78 is 0. The molecule has 1 fully saturated rings. The van der Waals surface area contributed by atoms with Crippen LogP contribution >= 0.6 is 11.8 Å². The Morgan fingerprint density at radius 1 is 1.31 bits per heavy atom. The van der Waals surface area contributed by atoms with Crippen LogP contribution in [-0.4, -0.2) is 24.1 Å². The van der Waals surface area contributed by atoms with Crippen molar-refractivity contribution in [1.29, 1.82) is 5.26 Å². The number of benzene rings is 1. The van der Waals surface area contributed by atoms with E-state index in [0.717, 1.165) is 23.9 Å². The van der Waals surface area contributed by atoms with Crippen molar-refractivity contribution in [3.05, 3.63) is 29.8 Å². The van der Waals surface area contributed by atoms with Crippen molar-refractivity contribution >= 4 is 17.4 Å². The summed E-state index contributed by atoms with van der Waals surface area (Å²) in [6.07, 6.45) is 1.24. The van der Waals surface area contributed by atoms with Crippen LogP contribution in [-0.2, 0) is 0 Å². The highest BCUT2D eigenvalue weighted by Crippen LogP contribution is 2.23. The topological polar surface area (TPSA) is 27.0 Å². The van der Waals surface area contributed by atoms with Gasteiger partial charge in [-0.15, -0.1) is 0 Å². The molecule has 0 spiro atoms. The Bertz CT molecular complexity index is 380. The van der Waals surface area contributed by atoms with Crippen LogP contribution in [0.3, 0.4) is 0 Å². The molecule has 0 amide bonds. The van der Waals surface area contributed by atoms with Crippen LogP contribution in [0.25, 0.3) is 0 Å². The van der Waals surface area contributed by atoms with Gasteiger partial charge in [0.05, 0.1) is 11.6 Å². The fraction of sp³-hybridized carbons (Fsp3) is 0.462. The summed E-state index contributed by atoms with van der Waals surface area (Å²) in [7, 11) is 0. The standard InChI is InChI=1S/C13H16N2S/c1-11-6-7-15(8-9-16-11)13-4-2-12(10-14)3-5-13/h2-5,11H,6-9H2,1H3. The van der Waals surface area contributed by atoms with Crippen molar-refractivity contribution in [2.75, 3.05) is 23.7 Å². The van der Waals surface area contributed by atoms with E-state index < -0.39 is 0 Å². The predicted octanol–water partition coefficient (Wildman–Crippen LogP) is 2.89. The molecule has 1 aliphatic rings. The lowest BCUT2D eigenvalue weighted by Gasteiger charge is -2.22. The third kappa shape index (κ3) is 2.70. The number of hydrogen-bond donors (Lipinski definition) is 0. The molecule has 0 N–H and O–H groups in total. The molecule has 3 heteroatoms. The number of nitriles is 1. The van der Waals surface area contributed by atoms with Gasteiger partial charge < -0.3 is 4.90 Å². The average Bonchev–Trinajstić information content (AvgIpc) is 2.54. The quantitative estimate of drug-likeness (QED) is 0.745. The van der Waals surface area contributed by atoms with Gasteiger partial charge in [0, 0.05) is 29.8 Å². The molecule has 0 aliphatic carbocycles. The lowest BCUT2D eigenvalue weighted by molar-refractivity contribution is 0.764. The van der Waals surface area contributed by atoms with Crippen molar-refractivity contribution in [2.45, 2.75) is 18.6 Å². The minimum Gasteiger partial charge on any atom is -0.371 e. The van der Waals surface area contributed by atoms with Gasteiger partial charge in [0.1, 0.15) is 0 Å². The van der Waals surface area contributed by atoms with E-state index in [9.17, 15) is 0 Å². The summed E-state index contributed by atoms with van der Waals surface area (Å²) in [6, 6.07) is 10.1. The first-order valence-corrected chi connectivity index (χ1v) is 6.71. The maximum Gasteiger partial charge on any atom is 0.0991 e. The molecular formula is C13H16N2S.